The van der Waals surface area contributed by atoms with Crippen LogP contribution in [0.1, 0.15) is 26.7 Å². The lowest BCUT2D eigenvalue weighted by molar-refractivity contribution is -0.127. The van der Waals surface area contributed by atoms with Gasteiger partial charge in [-0.05, 0) is 19.8 Å². The average molecular weight is 227 g/mol. The van der Waals surface area contributed by atoms with Crippen LogP contribution in [-0.4, -0.2) is 49.5 Å². The molecule has 0 atom stereocenters. The molecule has 0 saturated heterocycles. The van der Waals surface area contributed by atoms with Crippen LogP contribution in [0.5, 0.6) is 0 Å². The highest BCUT2D eigenvalue weighted by Crippen LogP contribution is 2.01. The Hall–Kier alpha value is -0.870. The molecule has 94 valence electrons. The number of hydrazine groups is 1. The third-order valence-corrected chi connectivity index (χ3v) is 2.18. The van der Waals surface area contributed by atoms with E-state index in [2.05, 4.69) is 18.9 Å². The lowest BCUT2D eigenvalue weighted by Gasteiger charge is -2.22. The number of carbonyl (C=O) groups excluding carboxylic acids is 1. The molecule has 0 unspecified atom stereocenters. The zero-order valence-corrected chi connectivity index (χ0v) is 11.0. The molecule has 0 rings (SSSR count). The fourth-order valence-electron chi connectivity index (χ4n) is 1.43. The summed E-state index contributed by atoms with van der Waals surface area (Å²) in [6.07, 6.45) is 1.94. The van der Waals surface area contributed by atoms with Gasteiger partial charge in [0, 0.05) is 39.3 Å². The van der Waals surface area contributed by atoms with Crippen molar-refractivity contribution in [2.45, 2.75) is 26.7 Å². The largest absolute Gasteiger partial charge is 0.339 e. The first kappa shape index (κ1) is 15.1. The maximum absolute atomic E-state index is 11.8. The van der Waals surface area contributed by atoms with Gasteiger partial charge in [0.15, 0.2) is 0 Å². The smallest absolute Gasteiger partial charge is 0.248 e. The molecule has 0 aromatic carbocycles. The Balaban J connectivity index is 3.94. The molecule has 0 saturated carbocycles. The van der Waals surface area contributed by atoms with E-state index < -0.39 is 0 Å². The van der Waals surface area contributed by atoms with Gasteiger partial charge in [-0.3, -0.25) is 15.2 Å². The predicted octanol–water partition coefficient (Wildman–Crippen LogP) is 1.26. The van der Waals surface area contributed by atoms with Crippen molar-refractivity contribution in [3.05, 3.63) is 12.2 Å². The molecule has 1 N–H and O–H groups in total. The summed E-state index contributed by atoms with van der Waals surface area (Å²) >= 11 is 0. The molecule has 16 heavy (non-hydrogen) atoms. The average Bonchev–Trinajstić information content (AvgIpc) is 2.21. The summed E-state index contributed by atoms with van der Waals surface area (Å²) in [5.74, 6) is 0.0757. The summed E-state index contributed by atoms with van der Waals surface area (Å²) in [6, 6.07) is 0. The van der Waals surface area contributed by atoms with E-state index in [0.29, 0.717) is 5.57 Å². The maximum Gasteiger partial charge on any atom is 0.248 e. The third-order valence-electron chi connectivity index (χ3n) is 2.18. The van der Waals surface area contributed by atoms with E-state index in [9.17, 15) is 4.79 Å². The van der Waals surface area contributed by atoms with Crippen LogP contribution in [-0.2, 0) is 4.79 Å². The lowest BCUT2D eigenvalue weighted by atomic mass is 10.2. The molecule has 0 heterocycles. The number of hydrogen-bond donors (Lipinski definition) is 1. The van der Waals surface area contributed by atoms with Crippen LogP contribution in [0, 0.1) is 0 Å². The van der Waals surface area contributed by atoms with Gasteiger partial charge in [0.25, 0.3) is 0 Å². The Kier molecular flexibility index (Phi) is 7.85. The molecule has 4 nitrogen and oxygen atoms in total. The standard InChI is InChI=1S/C12H25N3O/c1-6-9-15(12(16)11(2)3)10-7-8-13-14(4)5/h13H,2,6-10H2,1,3-5H3. The molecule has 0 aliphatic carbocycles. The molecule has 0 aliphatic rings. The molecule has 4 heteroatoms. The van der Waals surface area contributed by atoms with Crippen LogP contribution in [0.25, 0.3) is 0 Å². The van der Waals surface area contributed by atoms with E-state index in [0.717, 1.165) is 32.5 Å². The van der Waals surface area contributed by atoms with Gasteiger partial charge in [-0.15, -0.1) is 0 Å². The van der Waals surface area contributed by atoms with Crippen LogP contribution >= 0.6 is 0 Å². The molecule has 0 aromatic rings. The van der Waals surface area contributed by atoms with Crippen molar-refractivity contribution in [1.82, 2.24) is 15.3 Å². The first-order valence-electron chi connectivity index (χ1n) is 5.84. The zero-order chi connectivity index (χ0) is 12.6. The summed E-state index contributed by atoms with van der Waals surface area (Å²) in [5, 5.41) is 1.92. The Morgan fingerprint density at radius 2 is 1.94 bits per heavy atom. The molecular formula is C12H25N3O. The molecule has 0 radical (unpaired) electrons. The second kappa shape index (κ2) is 8.30. The zero-order valence-electron chi connectivity index (χ0n) is 11.0. The van der Waals surface area contributed by atoms with Crippen LogP contribution in [0.4, 0.5) is 0 Å². The van der Waals surface area contributed by atoms with Gasteiger partial charge in [0.05, 0.1) is 0 Å². The van der Waals surface area contributed by atoms with Crippen LogP contribution in [0.15, 0.2) is 12.2 Å². The summed E-state index contributed by atoms with van der Waals surface area (Å²) in [4.78, 5) is 13.6. The van der Waals surface area contributed by atoms with E-state index in [-0.39, 0.29) is 5.91 Å². The van der Waals surface area contributed by atoms with Gasteiger partial charge in [-0.2, -0.15) is 0 Å². The SMILES string of the molecule is C=C(C)C(=O)N(CCC)CCCNN(C)C. The van der Waals surface area contributed by atoms with Crippen LogP contribution in [0.3, 0.4) is 0 Å². The van der Waals surface area contributed by atoms with Crippen molar-refractivity contribution in [2.24, 2.45) is 0 Å². The van der Waals surface area contributed by atoms with E-state index in [4.69, 9.17) is 0 Å². The van der Waals surface area contributed by atoms with E-state index in [1.165, 1.54) is 0 Å². The Labute approximate surface area is 99.3 Å². The van der Waals surface area contributed by atoms with Crippen molar-refractivity contribution in [2.75, 3.05) is 33.7 Å². The normalized spacial score (nSPS) is 10.6. The quantitative estimate of drug-likeness (QED) is 0.385. The lowest BCUT2D eigenvalue weighted by Crippen LogP contribution is -2.36. The first-order chi connectivity index (χ1) is 7.49. The first-order valence-corrected chi connectivity index (χ1v) is 5.84. The topological polar surface area (TPSA) is 35.6 Å². The van der Waals surface area contributed by atoms with Crippen molar-refractivity contribution in [1.29, 1.82) is 0 Å². The second-order valence-electron chi connectivity index (χ2n) is 4.23. The summed E-state index contributed by atoms with van der Waals surface area (Å²) in [5.41, 5.74) is 3.80. The molecule has 0 spiro atoms. The van der Waals surface area contributed by atoms with Gasteiger partial charge in [-0.25, -0.2) is 0 Å². The highest BCUT2D eigenvalue weighted by molar-refractivity contribution is 5.92. The minimum Gasteiger partial charge on any atom is -0.339 e. The Morgan fingerprint density at radius 3 is 2.38 bits per heavy atom. The highest BCUT2D eigenvalue weighted by Gasteiger charge is 2.12. The van der Waals surface area contributed by atoms with Crippen LogP contribution in [0.2, 0.25) is 0 Å². The Bertz CT molecular complexity index is 226. The number of nitrogens with zero attached hydrogens (tertiary/aromatic N) is 2. The van der Waals surface area contributed by atoms with Crippen molar-refractivity contribution in [3.8, 4) is 0 Å². The summed E-state index contributed by atoms with van der Waals surface area (Å²) < 4.78 is 0. The summed E-state index contributed by atoms with van der Waals surface area (Å²) in [7, 11) is 3.92. The van der Waals surface area contributed by atoms with E-state index in [1.807, 2.05) is 24.0 Å². The number of amides is 1. The number of carbonyl (C=O) groups is 1. The van der Waals surface area contributed by atoms with Crippen molar-refractivity contribution < 1.29 is 4.79 Å². The number of hydrogen-bond acceptors (Lipinski definition) is 3. The molecular weight excluding hydrogens is 202 g/mol. The van der Waals surface area contributed by atoms with Gasteiger partial charge < -0.3 is 4.90 Å². The molecule has 0 aliphatic heterocycles. The van der Waals surface area contributed by atoms with Crippen LogP contribution < -0.4 is 5.43 Å². The Morgan fingerprint density at radius 1 is 1.31 bits per heavy atom. The minimum atomic E-state index is 0.0757. The molecule has 0 bridgehead atoms. The van der Waals surface area contributed by atoms with Gasteiger partial charge in [0.1, 0.15) is 0 Å². The summed E-state index contributed by atoms with van der Waals surface area (Å²) in [6.45, 7) is 10.0. The van der Waals surface area contributed by atoms with Crippen molar-refractivity contribution in [3.63, 3.8) is 0 Å². The van der Waals surface area contributed by atoms with Gasteiger partial charge in [-0.1, -0.05) is 13.5 Å². The third kappa shape index (κ3) is 6.58. The van der Waals surface area contributed by atoms with E-state index in [1.54, 1.807) is 6.92 Å². The fraction of sp³-hybridized carbons (Fsp3) is 0.750. The van der Waals surface area contributed by atoms with Crippen molar-refractivity contribution >= 4 is 5.91 Å². The fourth-order valence-corrected chi connectivity index (χ4v) is 1.43. The number of rotatable bonds is 8. The van der Waals surface area contributed by atoms with Gasteiger partial charge in [0.2, 0.25) is 5.91 Å². The highest BCUT2D eigenvalue weighted by atomic mass is 16.2. The second-order valence-corrected chi connectivity index (χ2v) is 4.23. The molecule has 0 aromatic heterocycles. The molecule has 0 fully saturated rings. The minimum absolute atomic E-state index is 0.0757. The van der Waals surface area contributed by atoms with Gasteiger partial charge >= 0.3 is 0 Å². The maximum atomic E-state index is 11.8. The monoisotopic (exact) mass is 227 g/mol. The number of nitrogens with one attached hydrogen (secondary N) is 1. The predicted molar refractivity (Wildman–Crippen MR) is 68.0 cm³/mol. The van der Waals surface area contributed by atoms with E-state index >= 15 is 0 Å². The molecule has 1 amide bonds.